The van der Waals surface area contributed by atoms with Gasteiger partial charge in [-0.25, -0.2) is 0 Å². The quantitative estimate of drug-likeness (QED) is 0.730. The summed E-state index contributed by atoms with van der Waals surface area (Å²) in [6, 6.07) is 5.13. The summed E-state index contributed by atoms with van der Waals surface area (Å²) in [6.45, 7) is 4.12. The van der Waals surface area contributed by atoms with Gasteiger partial charge in [0.15, 0.2) is 5.82 Å². The van der Waals surface area contributed by atoms with Crippen LogP contribution in [0.1, 0.15) is 42.6 Å². The first-order valence-electron chi connectivity index (χ1n) is 9.34. The minimum atomic E-state index is -0.0752. The zero-order chi connectivity index (χ0) is 19.2. The number of hydrogen-bond donors (Lipinski definition) is 0. The van der Waals surface area contributed by atoms with Crippen LogP contribution in [0.5, 0.6) is 0 Å². The van der Waals surface area contributed by atoms with Gasteiger partial charge in [0.25, 0.3) is 5.56 Å². The fraction of sp³-hybridized carbons (Fsp3) is 0.579. The van der Waals surface area contributed by atoms with Crippen LogP contribution in [0.4, 0.5) is 0 Å². The van der Waals surface area contributed by atoms with E-state index in [1.54, 1.807) is 17.7 Å². The molecule has 2 aromatic heterocycles. The predicted octanol–water partition coefficient (Wildman–Crippen LogP) is 1.52. The molecule has 1 amide bonds. The highest BCUT2D eigenvalue weighted by Crippen LogP contribution is 2.26. The molecule has 0 aromatic carbocycles. The fourth-order valence-electron chi connectivity index (χ4n) is 3.41. The molecule has 3 rings (SSSR count). The number of carbonyl (C=O) groups excluding carboxylic acids is 1. The lowest BCUT2D eigenvalue weighted by Gasteiger charge is -2.31. The normalized spacial score (nSPS) is 17.3. The summed E-state index contributed by atoms with van der Waals surface area (Å²) in [4.78, 5) is 30.9. The molecule has 0 saturated carbocycles. The van der Waals surface area contributed by atoms with Gasteiger partial charge in [-0.15, -0.1) is 0 Å². The molecule has 1 aliphatic rings. The van der Waals surface area contributed by atoms with Crippen LogP contribution >= 0.6 is 0 Å². The molecule has 8 nitrogen and oxygen atoms in total. The molecule has 0 unspecified atom stereocenters. The number of hydrogen-bond acceptors (Lipinski definition) is 6. The number of nitrogens with zero attached hydrogens (tertiary/aromatic N) is 4. The van der Waals surface area contributed by atoms with E-state index in [4.69, 9.17) is 9.26 Å². The van der Waals surface area contributed by atoms with E-state index in [2.05, 4.69) is 10.1 Å². The van der Waals surface area contributed by atoms with E-state index in [1.165, 1.54) is 6.07 Å². The lowest BCUT2D eigenvalue weighted by atomic mass is 9.97. The Labute approximate surface area is 158 Å². The summed E-state index contributed by atoms with van der Waals surface area (Å²) >= 11 is 0. The van der Waals surface area contributed by atoms with Crippen LogP contribution in [-0.4, -0.2) is 52.3 Å². The Kier molecular flexibility index (Phi) is 6.39. The predicted molar refractivity (Wildman–Crippen MR) is 98.5 cm³/mol. The van der Waals surface area contributed by atoms with Crippen molar-refractivity contribution in [1.82, 2.24) is 19.6 Å². The SMILES string of the molecule is COCCc1noc([C@H]2CCCN(C(=O)CCn3c(C)cccc3=O)C2)n1. The summed E-state index contributed by atoms with van der Waals surface area (Å²) < 4.78 is 12.1. The van der Waals surface area contributed by atoms with E-state index >= 15 is 0 Å². The Bertz CT molecular complexity index is 829. The second kappa shape index (κ2) is 8.94. The molecule has 8 heteroatoms. The molecule has 0 bridgehead atoms. The summed E-state index contributed by atoms with van der Waals surface area (Å²) in [6.07, 6.45) is 2.74. The third-order valence-electron chi connectivity index (χ3n) is 4.95. The zero-order valence-electron chi connectivity index (χ0n) is 15.9. The molecule has 0 aliphatic carbocycles. The maximum atomic E-state index is 12.6. The molecule has 0 radical (unpaired) electrons. The standard InChI is InChI=1S/C19H26N4O4/c1-14-5-3-7-18(25)23(14)11-8-17(24)22-10-4-6-15(13-22)19-20-16(21-27-19)9-12-26-2/h3,5,7,15H,4,6,8-13H2,1-2H3/t15-/m0/s1. The number of piperidine rings is 1. The number of aromatic nitrogens is 3. The number of methoxy groups -OCH3 is 1. The number of pyridine rings is 1. The van der Waals surface area contributed by atoms with E-state index in [0.717, 1.165) is 25.1 Å². The average Bonchev–Trinajstić information content (AvgIpc) is 3.15. The molecule has 1 saturated heterocycles. The molecular formula is C19H26N4O4. The van der Waals surface area contributed by atoms with Gasteiger partial charge in [0.1, 0.15) is 0 Å². The highest BCUT2D eigenvalue weighted by molar-refractivity contribution is 5.76. The first-order chi connectivity index (χ1) is 13.1. The number of ether oxygens (including phenoxy) is 1. The Morgan fingerprint density at radius 2 is 2.26 bits per heavy atom. The summed E-state index contributed by atoms with van der Waals surface area (Å²) in [5.74, 6) is 1.34. The highest BCUT2D eigenvalue weighted by atomic mass is 16.5. The molecule has 1 fully saturated rings. The van der Waals surface area contributed by atoms with Gasteiger partial charge in [0.2, 0.25) is 11.8 Å². The van der Waals surface area contributed by atoms with Crippen molar-refractivity contribution in [3.05, 3.63) is 46.0 Å². The number of rotatable bonds is 7. The number of carbonyl (C=O) groups is 1. The monoisotopic (exact) mass is 374 g/mol. The molecule has 1 aliphatic heterocycles. The minimum Gasteiger partial charge on any atom is -0.384 e. The summed E-state index contributed by atoms with van der Waals surface area (Å²) in [5, 5.41) is 3.99. The third-order valence-corrected chi connectivity index (χ3v) is 4.95. The second-order valence-electron chi connectivity index (χ2n) is 6.88. The van der Waals surface area contributed by atoms with Crippen molar-refractivity contribution in [2.45, 2.75) is 45.1 Å². The van der Waals surface area contributed by atoms with E-state index in [9.17, 15) is 9.59 Å². The molecule has 3 heterocycles. The minimum absolute atomic E-state index is 0.0500. The van der Waals surface area contributed by atoms with Crippen LogP contribution < -0.4 is 5.56 Å². The fourth-order valence-corrected chi connectivity index (χ4v) is 3.41. The van der Waals surface area contributed by atoms with Crippen LogP contribution in [0.25, 0.3) is 0 Å². The topological polar surface area (TPSA) is 90.5 Å². The highest BCUT2D eigenvalue weighted by Gasteiger charge is 2.28. The van der Waals surface area contributed by atoms with Crippen molar-refractivity contribution in [1.29, 1.82) is 0 Å². The van der Waals surface area contributed by atoms with Gasteiger partial charge < -0.3 is 18.7 Å². The average molecular weight is 374 g/mol. The summed E-state index contributed by atoms with van der Waals surface area (Å²) in [7, 11) is 1.64. The van der Waals surface area contributed by atoms with Gasteiger partial charge in [0, 0.05) is 51.3 Å². The lowest BCUT2D eigenvalue weighted by Crippen LogP contribution is -2.40. The van der Waals surface area contributed by atoms with Crippen LogP contribution in [0.2, 0.25) is 0 Å². The van der Waals surface area contributed by atoms with Crippen LogP contribution in [0.3, 0.4) is 0 Å². The first-order valence-corrected chi connectivity index (χ1v) is 9.34. The van der Waals surface area contributed by atoms with Crippen molar-refractivity contribution >= 4 is 5.91 Å². The van der Waals surface area contributed by atoms with Crippen LogP contribution in [0, 0.1) is 6.92 Å². The smallest absolute Gasteiger partial charge is 0.250 e. The van der Waals surface area contributed by atoms with E-state index in [0.29, 0.717) is 44.3 Å². The molecular weight excluding hydrogens is 348 g/mol. The number of likely N-dealkylation sites (tertiary alicyclic amines) is 1. The zero-order valence-corrected chi connectivity index (χ0v) is 15.9. The van der Waals surface area contributed by atoms with Crippen molar-refractivity contribution in [3.8, 4) is 0 Å². The maximum absolute atomic E-state index is 12.6. The van der Waals surface area contributed by atoms with E-state index in [-0.39, 0.29) is 17.4 Å². The van der Waals surface area contributed by atoms with Crippen molar-refractivity contribution < 1.29 is 14.1 Å². The van der Waals surface area contributed by atoms with Gasteiger partial charge in [-0.2, -0.15) is 4.98 Å². The molecule has 2 aromatic rings. The molecule has 0 spiro atoms. The largest absolute Gasteiger partial charge is 0.384 e. The summed E-state index contributed by atoms with van der Waals surface area (Å²) in [5.41, 5.74) is 0.787. The van der Waals surface area contributed by atoms with Crippen molar-refractivity contribution in [2.24, 2.45) is 0 Å². The van der Waals surface area contributed by atoms with Gasteiger partial charge in [-0.05, 0) is 25.8 Å². The number of aryl methyl sites for hydroxylation is 1. The van der Waals surface area contributed by atoms with Gasteiger partial charge in [0.05, 0.1) is 12.5 Å². The number of amides is 1. The van der Waals surface area contributed by atoms with E-state index < -0.39 is 0 Å². The molecule has 1 atom stereocenters. The Morgan fingerprint density at radius 1 is 1.41 bits per heavy atom. The molecule has 27 heavy (non-hydrogen) atoms. The van der Waals surface area contributed by atoms with Crippen molar-refractivity contribution in [2.75, 3.05) is 26.8 Å². The maximum Gasteiger partial charge on any atom is 0.250 e. The molecule has 0 N–H and O–H groups in total. The van der Waals surface area contributed by atoms with Crippen molar-refractivity contribution in [3.63, 3.8) is 0 Å². The third kappa shape index (κ3) is 4.82. The van der Waals surface area contributed by atoms with Gasteiger partial charge in [-0.1, -0.05) is 11.2 Å². The van der Waals surface area contributed by atoms with Gasteiger partial charge >= 0.3 is 0 Å². The van der Waals surface area contributed by atoms with Crippen LogP contribution in [0.15, 0.2) is 27.5 Å². The first kappa shape index (κ1) is 19.3. The Hall–Kier alpha value is -2.48. The Morgan fingerprint density at radius 3 is 3.04 bits per heavy atom. The second-order valence-corrected chi connectivity index (χ2v) is 6.88. The van der Waals surface area contributed by atoms with Gasteiger partial charge in [-0.3, -0.25) is 9.59 Å². The van der Waals surface area contributed by atoms with E-state index in [1.807, 2.05) is 17.9 Å². The molecule has 146 valence electrons. The lowest BCUT2D eigenvalue weighted by molar-refractivity contribution is -0.132. The Balaban J connectivity index is 1.58. The van der Waals surface area contributed by atoms with Crippen LogP contribution in [-0.2, 0) is 22.5 Å².